The molecular weight excluding hydrogens is 482 g/mol. The lowest BCUT2D eigenvalue weighted by atomic mass is 9.67. The lowest BCUT2D eigenvalue weighted by Crippen LogP contribution is -2.73. The zero-order valence-electron chi connectivity index (χ0n) is 18.1. The van der Waals surface area contributed by atoms with E-state index in [1.807, 2.05) is 0 Å². The van der Waals surface area contributed by atoms with Crippen LogP contribution < -0.4 is 4.74 Å². The van der Waals surface area contributed by atoms with Crippen molar-refractivity contribution in [2.24, 2.45) is 11.8 Å². The molecule has 1 saturated heterocycles. The maximum absolute atomic E-state index is 14.0. The van der Waals surface area contributed by atoms with Crippen molar-refractivity contribution in [3.63, 3.8) is 0 Å². The van der Waals surface area contributed by atoms with E-state index in [1.165, 1.54) is 21.0 Å². The van der Waals surface area contributed by atoms with Gasteiger partial charge in [0.25, 0.3) is 11.6 Å². The molecule has 5 atom stereocenters. The lowest BCUT2D eigenvalue weighted by molar-refractivity contribution is -0.507. The minimum absolute atomic E-state index is 0.133. The van der Waals surface area contributed by atoms with Crippen LogP contribution in [0, 0.1) is 11.8 Å². The van der Waals surface area contributed by atoms with Gasteiger partial charge in [-0.05, 0) is 31.5 Å². The number of rotatable bonds is 6. The highest BCUT2D eigenvalue weighted by Gasteiger charge is 2.80. The molecule has 0 spiro atoms. The van der Waals surface area contributed by atoms with E-state index in [9.17, 15) is 46.1 Å². The molecule has 1 aromatic rings. The Bertz CT molecular complexity index is 839. The van der Waals surface area contributed by atoms with Gasteiger partial charge in [-0.25, -0.2) is 0 Å². The first-order chi connectivity index (χ1) is 15.6. The van der Waals surface area contributed by atoms with Crippen LogP contribution in [0.3, 0.4) is 0 Å². The summed E-state index contributed by atoms with van der Waals surface area (Å²) >= 11 is 0. The molecule has 8 nitrogen and oxygen atoms in total. The maximum atomic E-state index is 14.0. The molecule has 1 aromatic carbocycles. The molecule has 0 bridgehead atoms. The number of carbonyl (C=O) groups excluding carboxylic acids is 2. The van der Waals surface area contributed by atoms with Crippen LogP contribution in [0.5, 0.6) is 5.75 Å². The number of esters is 2. The number of carbonyl (C=O) groups is 2. The summed E-state index contributed by atoms with van der Waals surface area (Å²) in [6, 6.07) is 4.21. The fraction of sp³-hybridized carbons (Fsp3) is 0.600. The zero-order chi connectivity index (χ0) is 26.1. The Kier molecular flexibility index (Phi) is 7.80. The minimum atomic E-state index is -6.05. The summed E-state index contributed by atoms with van der Waals surface area (Å²) in [5, 5.41) is 20.9. The lowest BCUT2D eigenvalue weighted by Gasteiger charge is -2.53. The molecule has 0 saturated carbocycles. The van der Waals surface area contributed by atoms with Gasteiger partial charge in [0.05, 0.1) is 20.3 Å². The van der Waals surface area contributed by atoms with Crippen LogP contribution in [0.2, 0.25) is 0 Å². The monoisotopic (exact) mass is 504 g/mol. The number of alkyl halides is 6. The van der Waals surface area contributed by atoms with Gasteiger partial charge in [0.2, 0.25) is 0 Å². The van der Waals surface area contributed by atoms with Gasteiger partial charge in [-0.1, -0.05) is 12.1 Å². The summed E-state index contributed by atoms with van der Waals surface area (Å²) in [6.07, 6.45) is -12.1. The third-order valence-corrected chi connectivity index (χ3v) is 5.27. The van der Waals surface area contributed by atoms with E-state index in [4.69, 9.17) is 4.74 Å². The third-order valence-electron chi connectivity index (χ3n) is 5.27. The third kappa shape index (κ3) is 4.66. The fourth-order valence-electron chi connectivity index (χ4n) is 3.80. The van der Waals surface area contributed by atoms with Crippen molar-refractivity contribution in [2.75, 3.05) is 20.3 Å². The molecule has 192 valence electrons. The van der Waals surface area contributed by atoms with Crippen LogP contribution in [-0.4, -0.2) is 66.4 Å². The van der Waals surface area contributed by atoms with Gasteiger partial charge in [-0.3, -0.25) is 9.59 Å². The molecule has 2 N–H and O–H groups in total. The second-order valence-electron chi connectivity index (χ2n) is 7.25. The van der Waals surface area contributed by atoms with E-state index >= 15 is 0 Å². The highest BCUT2D eigenvalue weighted by atomic mass is 19.4. The van der Waals surface area contributed by atoms with Gasteiger partial charge in [0.15, 0.2) is 0 Å². The summed E-state index contributed by atoms with van der Waals surface area (Å²) in [5.74, 6) is -21.7. The van der Waals surface area contributed by atoms with Crippen molar-refractivity contribution in [3.8, 4) is 5.75 Å². The zero-order valence-corrected chi connectivity index (χ0v) is 18.1. The quantitative estimate of drug-likeness (QED) is 0.450. The smallest absolute Gasteiger partial charge is 0.444 e. The standard InChI is InChI=1S/C20H22F6O8/c1-4-32-15(27)13-12(10-6-8-11(31-3)9-7-10)14(16(28)33-5-2)18(30,20(24,25)26)34-17(13,29)19(21,22)23/h6-9,12-14,29-30H,4-5H2,1-3H3/t12?,13-,14+,17-,18+. The Morgan fingerprint density at radius 2 is 1.26 bits per heavy atom. The number of ether oxygens (including phenoxy) is 4. The Labute approximate surface area is 189 Å². The molecule has 1 aliphatic heterocycles. The van der Waals surface area contributed by atoms with E-state index in [1.54, 1.807) is 0 Å². The van der Waals surface area contributed by atoms with Crippen LogP contribution in [0.1, 0.15) is 25.3 Å². The summed E-state index contributed by atoms with van der Waals surface area (Å²) in [7, 11) is 1.23. The first kappa shape index (κ1) is 27.7. The molecule has 1 fully saturated rings. The second-order valence-corrected chi connectivity index (χ2v) is 7.25. The predicted molar refractivity (Wildman–Crippen MR) is 99.1 cm³/mol. The Balaban J connectivity index is 2.95. The number of methoxy groups -OCH3 is 1. The van der Waals surface area contributed by atoms with Crippen molar-refractivity contribution >= 4 is 11.9 Å². The van der Waals surface area contributed by atoms with Crippen LogP contribution >= 0.6 is 0 Å². The van der Waals surface area contributed by atoms with Crippen molar-refractivity contribution in [3.05, 3.63) is 29.8 Å². The van der Waals surface area contributed by atoms with Gasteiger partial charge >= 0.3 is 24.3 Å². The highest BCUT2D eigenvalue weighted by molar-refractivity contribution is 5.81. The number of halogens is 6. The number of hydrogen-bond donors (Lipinski definition) is 2. The topological polar surface area (TPSA) is 112 Å². The van der Waals surface area contributed by atoms with Crippen molar-refractivity contribution in [2.45, 2.75) is 43.7 Å². The number of hydrogen-bond acceptors (Lipinski definition) is 8. The van der Waals surface area contributed by atoms with E-state index in [-0.39, 0.29) is 5.75 Å². The molecule has 1 aliphatic rings. The molecular formula is C20H22F6O8. The first-order valence-corrected chi connectivity index (χ1v) is 9.84. The van der Waals surface area contributed by atoms with Gasteiger partial charge < -0.3 is 29.2 Å². The minimum Gasteiger partial charge on any atom is -0.497 e. The van der Waals surface area contributed by atoms with E-state index in [0.717, 1.165) is 24.3 Å². The Morgan fingerprint density at radius 3 is 1.56 bits per heavy atom. The molecule has 1 heterocycles. The average Bonchev–Trinajstić information content (AvgIpc) is 2.72. The van der Waals surface area contributed by atoms with Crippen LogP contribution in [0.25, 0.3) is 0 Å². The Morgan fingerprint density at radius 1 is 0.882 bits per heavy atom. The van der Waals surface area contributed by atoms with Crippen LogP contribution in [0.15, 0.2) is 24.3 Å². The molecule has 34 heavy (non-hydrogen) atoms. The predicted octanol–water partition coefficient (Wildman–Crippen LogP) is 2.67. The summed E-state index contributed by atoms with van der Waals surface area (Å²) < 4.78 is 102. The molecule has 0 amide bonds. The van der Waals surface area contributed by atoms with E-state index in [0.29, 0.717) is 0 Å². The first-order valence-electron chi connectivity index (χ1n) is 9.84. The van der Waals surface area contributed by atoms with Crippen molar-refractivity contribution in [1.29, 1.82) is 0 Å². The molecule has 2 rings (SSSR count). The van der Waals surface area contributed by atoms with Gasteiger partial charge in [0.1, 0.15) is 17.6 Å². The molecule has 1 unspecified atom stereocenters. The summed E-state index contributed by atoms with van der Waals surface area (Å²) in [6.45, 7) is 1.36. The van der Waals surface area contributed by atoms with Crippen LogP contribution in [-0.2, 0) is 23.8 Å². The van der Waals surface area contributed by atoms with E-state index < -0.39 is 72.4 Å². The SMILES string of the molecule is CCOC(=O)[C@@H]1C(c2ccc(OC)cc2)[C@H](C(=O)OCC)[C@](O)(C(F)(F)F)O[C@]1(O)C(F)(F)F. The normalized spacial score (nSPS) is 29.9. The average molecular weight is 504 g/mol. The number of benzene rings is 1. The fourth-order valence-corrected chi connectivity index (χ4v) is 3.80. The number of aliphatic hydroxyl groups is 2. The maximum Gasteiger partial charge on any atom is 0.444 e. The van der Waals surface area contributed by atoms with Crippen LogP contribution in [0.4, 0.5) is 26.3 Å². The largest absolute Gasteiger partial charge is 0.497 e. The molecule has 0 aliphatic carbocycles. The van der Waals surface area contributed by atoms with Gasteiger partial charge in [-0.15, -0.1) is 0 Å². The van der Waals surface area contributed by atoms with Gasteiger partial charge in [-0.2, -0.15) is 26.3 Å². The molecule has 0 radical (unpaired) electrons. The van der Waals surface area contributed by atoms with Gasteiger partial charge in [0, 0.05) is 5.92 Å². The second kappa shape index (κ2) is 9.58. The summed E-state index contributed by atoms with van der Waals surface area (Å²) in [4.78, 5) is 25.3. The van der Waals surface area contributed by atoms with Crippen molar-refractivity contribution in [1.82, 2.24) is 0 Å². The highest BCUT2D eigenvalue weighted by Crippen LogP contribution is 2.59. The van der Waals surface area contributed by atoms with Crippen molar-refractivity contribution < 1.29 is 65.1 Å². The summed E-state index contributed by atoms with van der Waals surface area (Å²) in [5.41, 5.74) is -0.467. The molecule has 0 aromatic heterocycles. The van der Waals surface area contributed by atoms with E-state index in [2.05, 4.69) is 14.2 Å². The Hall–Kier alpha value is -2.58. The molecule has 14 heteroatoms.